The molecule has 1 heterocycles. The number of amides is 1. The Bertz CT molecular complexity index is 537. The molecule has 2 rings (SSSR count). The maximum absolute atomic E-state index is 12.5. The second-order valence-electron chi connectivity index (χ2n) is 5.93. The largest absolute Gasteiger partial charge is 0.459 e. The molecule has 0 aromatic heterocycles. The van der Waals surface area contributed by atoms with Crippen molar-refractivity contribution in [1.29, 1.82) is 0 Å². The van der Waals surface area contributed by atoms with Gasteiger partial charge in [-0.3, -0.25) is 0 Å². The van der Waals surface area contributed by atoms with Crippen molar-refractivity contribution in [2.45, 2.75) is 32.9 Å². The van der Waals surface area contributed by atoms with Crippen LogP contribution >= 0.6 is 0 Å². The average Bonchev–Trinajstić information content (AvgIpc) is 2.97. The first kappa shape index (κ1) is 16.0. The predicted molar refractivity (Wildman–Crippen MR) is 81.1 cm³/mol. The Balaban J connectivity index is 2.17. The number of carbonyl (C=O) groups is 1. The Kier molecular flexibility index (Phi) is 4.80. The van der Waals surface area contributed by atoms with E-state index in [9.17, 15) is 4.79 Å². The molecular formula is C16H22N2O4. The molecule has 22 heavy (non-hydrogen) atoms. The van der Waals surface area contributed by atoms with Gasteiger partial charge in [0.15, 0.2) is 0 Å². The van der Waals surface area contributed by atoms with Gasteiger partial charge in [0.25, 0.3) is 0 Å². The van der Waals surface area contributed by atoms with Crippen molar-refractivity contribution in [3.8, 4) is 0 Å². The maximum atomic E-state index is 12.5. The Hall–Kier alpha value is -2.37. The number of benzene rings is 1. The summed E-state index contributed by atoms with van der Waals surface area (Å²) < 4.78 is 15.9. The van der Waals surface area contributed by atoms with Crippen LogP contribution in [0.25, 0.3) is 0 Å². The van der Waals surface area contributed by atoms with Crippen LogP contribution in [0.1, 0.15) is 26.3 Å². The zero-order valence-corrected chi connectivity index (χ0v) is 13.4. The van der Waals surface area contributed by atoms with E-state index >= 15 is 0 Å². The third-order valence-corrected chi connectivity index (χ3v) is 2.92. The van der Waals surface area contributed by atoms with Crippen LogP contribution in [0.4, 0.5) is 4.79 Å². The summed E-state index contributed by atoms with van der Waals surface area (Å²) >= 11 is 0. The molecule has 1 aliphatic rings. The predicted octanol–water partition coefficient (Wildman–Crippen LogP) is 3.07. The lowest BCUT2D eigenvalue weighted by Crippen LogP contribution is -2.45. The van der Waals surface area contributed by atoms with Crippen LogP contribution in [0.15, 0.2) is 42.5 Å². The normalized spacial score (nSPS) is 13.7. The monoisotopic (exact) mass is 306 g/mol. The number of nitrogens with zero attached hydrogens (tertiary/aromatic N) is 2. The highest BCUT2D eigenvalue weighted by atomic mass is 16.7. The standard InChI is InChI=1S/C16H22N2O4/c1-16(2,3)22-15(19)18(10-13-8-6-5-7-9-13)17(4)14-11-20-12-21-14/h5-9,11H,10,12H2,1-4H3. The summed E-state index contributed by atoms with van der Waals surface area (Å²) in [5.41, 5.74) is 0.411. The van der Waals surface area contributed by atoms with Crippen molar-refractivity contribution in [2.75, 3.05) is 13.8 Å². The first-order chi connectivity index (χ1) is 10.4. The van der Waals surface area contributed by atoms with E-state index in [2.05, 4.69) is 0 Å². The van der Waals surface area contributed by atoms with Gasteiger partial charge < -0.3 is 14.2 Å². The van der Waals surface area contributed by atoms with Crippen molar-refractivity contribution in [2.24, 2.45) is 0 Å². The molecule has 0 fully saturated rings. The van der Waals surface area contributed by atoms with Crippen LogP contribution in [0.3, 0.4) is 0 Å². The summed E-state index contributed by atoms with van der Waals surface area (Å²) in [6.07, 6.45) is 1.03. The maximum Gasteiger partial charge on any atom is 0.429 e. The van der Waals surface area contributed by atoms with Crippen LogP contribution in [0, 0.1) is 0 Å². The summed E-state index contributed by atoms with van der Waals surface area (Å²) in [4.78, 5) is 12.5. The van der Waals surface area contributed by atoms with Gasteiger partial charge in [-0.15, -0.1) is 0 Å². The molecule has 0 saturated carbocycles. The molecule has 1 aromatic carbocycles. The van der Waals surface area contributed by atoms with Gasteiger partial charge in [0, 0.05) is 7.05 Å². The topological polar surface area (TPSA) is 51.2 Å². The van der Waals surface area contributed by atoms with Crippen LogP contribution in [0.2, 0.25) is 0 Å². The first-order valence-electron chi connectivity index (χ1n) is 7.09. The van der Waals surface area contributed by atoms with Crippen LogP contribution in [-0.2, 0) is 20.8 Å². The molecule has 1 aromatic rings. The molecule has 0 N–H and O–H groups in total. The molecule has 0 aliphatic carbocycles. The van der Waals surface area contributed by atoms with E-state index in [1.807, 2.05) is 51.1 Å². The van der Waals surface area contributed by atoms with Crippen molar-refractivity contribution in [3.05, 3.63) is 48.0 Å². The first-order valence-corrected chi connectivity index (χ1v) is 7.09. The van der Waals surface area contributed by atoms with E-state index < -0.39 is 11.7 Å². The lowest BCUT2D eigenvalue weighted by Gasteiger charge is -2.34. The zero-order valence-electron chi connectivity index (χ0n) is 13.4. The molecule has 0 saturated heterocycles. The molecule has 1 aliphatic heterocycles. The molecule has 1 amide bonds. The zero-order chi connectivity index (χ0) is 16.2. The Morgan fingerprint density at radius 2 is 1.95 bits per heavy atom. The van der Waals surface area contributed by atoms with Crippen molar-refractivity contribution in [1.82, 2.24) is 10.0 Å². The molecule has 6 heteroatoms. The third kappa shape index (κ3) is 4.31. The lowest BCUT2D eigenvalue weighted by atomic mass is 10.2. The Morgan fingerprint density at radius 1 is 1.27 bits per heavy atom. The lowest BCUT2D eigenvalue weighted by molar-refractivity contribution is -0.0583. The Morgan fingerprint density at radius 3 is 2.50 bits per heavy atom. The molecular weight excluding hydrogens is 284 g/mol. The van der Waals surface area contributed by atoms with E-state index in [4.69, 9.17) is 14.2 Å². The minimum Gasteiger partial charge on any atom is -0.459 e. The van der Waals surface area contributed by atoms with Gasteiger partial charge in [-0.05, 0) is 26.3 Å². The highest BCUT2D eigenvalue weighted by molar-refractivity contribution is 5.67. The highest BCUT2D eigenvalue weighted by Crippen LogP contribution is 2.19. The molecule has 6 nitrogen and oxygen atoms in total. The minimum absolute atomic E-state index is 0.146. The van der Waals surface area contributed by atoms with Crippen LogP contribution in [0.5, 0.6) is 0 Å². The van der Waals surface area contributed by atoms with Crippen molar-refractivity contribution >= 4 is 6.09 Å². The molecule has 0 atom stereocenters. The SMILES string of the molecule is CN(C1=COCO1)N(Cc1ccccc1)C(=O)OC(C)(C)C. The average molecular weight is 306 g/mol. The summed E-state index contributed by atoms with van der Waals surface area (Å²) in [6.45, 7) is 6.01. The van der Waals surface area contributed by atoms with Gasteiger partial charge in [-0.1, -0.05) is 30.3 Å². The van der Waals surface area contributed by atoms with Crippen LogP contribution in [-0.4, -0.2) is 35.6 Å². The van der Waals surface area contributed by atoms with E-state index in [1.54, 1.807) is 12.1 Å². The minimum atomic E-state index is -0.575. The fraction of sp³-hybridized carbons (Fsp3) is 0.438. The summed E-state index contributed by atoms with van der Waals surface area (Å²) in [7, 11) is 1.73. The molecule has 0 unspecified atom stereocenters. The molecule has 120 valence electrons. The van der Waals surface area contributed by atoms with Crippen molar-refractivity contribution in [3.63, 3.8) is 0 Å². The molecule has 0 spiro atoms. The number of carbonyl (C=O) groups excluding carboxylic acids is 1. The van der Waals surface area contributed by atoms with Gasteiger partial charge >= 0.3 is 6.09 Å². The summed E-state index contributed by atoms with van der Waals surface area (Å²) in [6, 6.07) is 9.69. The Labute approximate surface area is 130 Å². The van der Waals surface area contributed by atoms with Gasteiger partial charge in [0.05, 0.1) is 6.54 Å². The van der Waals surface area contributed by atoms with E-state index in [0.29, 0.717) is 12.4 Å². The smallest absolute Gasteiger partial charge is 0.429 e. The number of hydrazine groups is 1. The third-order valence-electron chi connectivity index (χ3n) is 2.92. The van der Waals surface area contributed by atoms with Gasteiger partial charge in [0.2, 0.25) is 12.7 Å². The van der Waals surface area contributed by atoms with E-state index in [1.165, 1.54) is 11.3 Å². The molecule has 0 bridgehead atoms. The van der Waals surface area contributed by atoms with Crippen molar-refractivity contribution < 1.29 is 19.0 Å². The summed E-state index contributed by atoms with van der Waals surface area (Å²) in [5, 5.41) is 3.06. The number of rotatable bonds is 4. The number of hydrogen-bond acceptors (Lipinski definition) is 5. The fourth-order valence-corrected chi connectivity index (χ4v) is 1.89. The second kappa shape index (κ2) is 6.60. The van der Waals surface area contributed by atoms with Crippen LogP contribution < -0.4 is 0 Å². The van der Waals surface area contributed by atoms with E-state index in [0.717, 1.165) is 5.56 Å². The summed E-state index contributed by atoms with van der Waals surface area (Å²) in [5.74, 6) is 0.460. The highest BCUT2D eigenvalue weighted by Gasteiger charge is 2.28. The number of ether oxygens (including phenoxy) is 3. The van der Waals surface area contributed by atoms with Gasteiger partial charge in [-0.25, -0.2) is 14.8 Å². The van der Waals surface area contributed by atoms with E-state index in [-0.39, 0.29) is 6.79 Å². The fourth-order valence-electron chi connectivity index (χ4n) is 1.89. The second-order valence-corrected chi connectivity index (χ2v) is 5.93. The van der Waals surface area contributed by atoms with Gasteiger partial charge in [0.1, 0.15) is 11.9 Å². The molecule has 0 radical (unpaired) electrons. The van der Waals surface area contributed by atoms with Gasteiger partial charge in [-0.2, -0.15) is 0 Å². The quantitative estimate of drug-likeness (QED) is 0.800. The number of hydrogen-bond donors (Lipinski definition) is 0.